The van der Waals surface area contributed by atoms with Crippen LogP contribution in [0.1, 0.15) is 16.7 Å². The van der Waals surface area contributed by atoms with Crippen LogP contribution in [0.15, 0.2) is 66.7 Å². The van der Waals surface area contributed by atoms with E-state index < -0.39 is 5.97 Å². The van der Waals surface area contributed by atoms with Gasteiger partial charge in [0.05, 0.1) is 6.42 Å². The average Bonchev–Trinajstić information content (AvgIpc) is 2.50. The molecule has 21 heavy (non-hydrogen) atoms. The number of carboxylic acids is 1. The van der Waals surface area contributed by atoms with Gasteiger partial charge < -0.3 is 5.11 Å². The molecule has 0 saturated carbocycles. The maximum absolute atomic E-state index is 11.1. The molecule has 3 aromatic carbocycles. The van der Waals surface area contributed by atoms with E-state index in [0.29, 0.717) is 0 Å². The molecule has 0 bridgehead atoms. The molecule has 0 aliphatic carbocycles. The van der Waals surface area contributed by atoms with Crippen molar-refractivity contribution < 1.29 is 9.90 Å². The first-order valence-electron chi connectivity index (χ1n) is 6.99. The fourth-order valence-corrected chi connectivity index (χ4v) is 2.72. The minimum absolute atomic E-state index is 0.0625. The Morgan fingerprint density at radius 1 is 0.857 bits per heavy atom. The SMILES string of the molecule is O=C(O)Cc1ccc2ccccc2c1Cc1ccccc1. The van der Waals surface area contributed by atoms with Crippen LogP contribution in [0, 0.1) is 0 Å². The third-order valence-corrected chi connectivity index (χ3v) is 3.70. The summed E-state index contributed by atoms with van der Waals surface area (Å²) in [6, 6.07) is 22.2. The number of aliphatic carboxylic acids is 1. The van der Waals surface area contributed by atoms with Crippen molar-refractivity contribution in [2.45, 2.75) is 12.8 Å². The molecule has 2 heteroatoms. The highest BCUT2D eigenvalue weighted by Crippen LogP contribution is 2.25. The average molecular weight is 276 g/mol. The molecule has 0 spiro atoms. The Balaban J connectivity index is 2.13. The van der Waals surface area contributed by atoms with Crippen LogP contribution in [0.25, 0.3) is 10.8 Å². The van der Waals surface area contributed by atoms with E-state index in [1.54, 1.807) is 0 Å². The van der Waals surface area contributed by atoms with Crippen LogP contribution < -0.4 is 0 Å². The van der Waals surface area contributed by atoms with Gasteiger partial charge in [0.15, 0.2) is 0 Å². The topological polar surface area (TPSA) is 37.3 Å². The van der Waals surface area contributed by atoms with Gasteiger partial charge in [-0.05, 0) is 33.9 Å². The van der Waals surface area contributed by atoms with Crippen molar-refractivity contribution >= 4 is 16.7 Å². The zero-order valence-corrected chi connectivity index (χ0v) is 11.6. The van der Waals surface area contributed by atoms with E-state index in [1.807, 2.05) is 42.5 Å². The van der Waals surface area contributed by atoms with Crippen LogP contribution >= 0.6 is 0 Å². The molecule has 0 aliphatic heterocycles. The lowest BCUT2D eigenvalue weighted by atomic mass is 9.92. The van der Waals surface area contributed by atoms with Crippen molar-refractivity contribution in [3.8, 4) is 0 Å². The Labute approximate surface area is 123 Å². The maximum atomic E-state index is 11.1. The lowest BCUT2D eigenvalue weighted by Gasteiger charge is -2.12. The maximum Gasteiger partial charge on any atom is 0.307 e. The van der Waals surface area contributed by atoms with E-state index in [9.17, 15) is 4.79 Å². The fourth-order valence-electron chi connectivity index (χ4n) is 2.72. The number of hydrogen-bond acceptors (Lipinski definition) is 1. The number of rotatable bonds is 4. The van der Waals surface area contributed by atoms with Crippen molar-refractivity contribution in [2.24, 2.45) is 0 Å². The Bertz CT molecular complexity index is 776. The first-order valence-corrected chi connectivity index (χ1v) is 6.99. The van der Waals surface area contributed by atoms with Crippen molar-refractivity contribution in [1.29, 1.82) is 0 Å². The minimum Gasteiger partial charge on any atom is -0.481 e. The number of benzene rings is 3. The zero-order valence-electron chi connectivity index (χ0n) is 11.6. The van der Waals surface area contributed by atoms with E-state index in [2.05, 4.69) is 24.3 Å². The molecule has 0 heterocycles. The molecule has 3 rings (SSSR count). The van der Waals surface area contributed by atoms with E-state index in [1.165, 1.54) is 5.56 Å². The predicted molar refractivity (Wildman–Crippen MR) is 84.5 cm³/mol. The molecule has 0 saturated heterocycles. The second-order valence-electron chi connectivity index (χ2n) is 5.16. The van der Waals surface area contributed by atoms with Crippen LogP contribution in [0.5, 0.6) is 0 Å². The molecule has 0 atom stereocenters. The monoisotopic (exact) mass is 276 g/mol. The predicted octanol–water partition coefficient (Wildman–Crippen LogP) is 4.06. The van der Waals surface area contributed by atoms with Crippen LogP contribution in [-0.4, -0.2) is 11.1 Å². The number of carbonyl (C=O) groups is 1. The first-order chi connectivity index (χ1) is 10.2. The van der Waals surface area contributed by atoms with Gasteiger partial charge in [-0.3, -0.25) is 4.79 Å². The molecule has 0 amide bonds. The van der Waals surface area contributed by atoms with E-state index in [-0.39, 0.29) is 6.42 Å². The molecule has 0 aromatic heterocycles. The summed E-state index contributed by atoms with van der Waals surface area (Å²) in [5.41, 5.74) is 3.20. The van der Waals surface area contributed by atoms with Gasteiger partial charge >= 0.3 is 5.97 Å². The van der Waals surface area contributed by atoms with Gasteiger partial charge in [-0.2, -0.15) is 0 Å². The first kappa shape index (κ1) is 13.4. The van der Waals surface area contributed by atoms with Gasteiger partial charge in [-0.1, -0.05) is 66.7 Å². The summed E-state index contributed by atoms with van der Waals surface area (Å²) in [5, 5.41) is 11.4. The third kappa shape index (κ3) is 2.95. The molecular weight excluding hydrogens is 260 g/mol. The fraction of sp³-hybridized carbons (Fsp3) is 0.105. The van der Waals surface area contributed by atoms with Gasteiger partial charge in [0.2, 0.25) is 0 Å². The van der Waals surface area contributed by atoms with Gasteiger partial charge in [-0.15, -0.1) is 0 Å². The molecular formula is C19H16O2. The van der Waals surface area contributed by atoms with E-state index in [0.717, 1.165) is 28.3 Å². The summed E-state index contributed by atoms with van der Waals surface area (Å²) >= 11 is 0. The van der Waals surface area contributed by atoms with Gasteiger partial charge in [-0.25, -0.2) is 0 Å². The Hall–Kier alpha value is -2.61. The van der Waals surface area contributed by atoms with Crippen LogP contribution in [-0.2, 0) is 17.6 Å². The normalized spacial score (nSPS) is 10.7. The highest BCUT2D eigenvalue weighted by molar-refractivity contribution is 5.88. The Kier molecular flexibility index (Phi) is 3.69. The van der Waals surface area contributed by atoms with Crippen LogP contribution in [0.4, 0.5) is 0 Å². The van der Waals surface area contributed by atoms with Crippen LogP contribution in [0.3, 0.4) is 0 Å². The summed E-state index contributed by atoms with van der Waals surface area (Å²) in [4.78, 5) is 11.1. The lowest BCUT2D eigenvalue weighted by molar-refractivity contribution is -0.136. The Morgan fingerprint density at radius 2 is 1.57 bits per heavy atom. The summed E-state index contributed by atoms with van der Waals surface area (Å²) in [6.45, 7) is 0. The van der Waals surface area contributed by atoms with Gasteiger partial charge in [0.1, 0.15) is 0 Å². The summed E-state index contributed by atoms with van der Waals surface area (Å²) in [6.07, 6.45) is 0.817. The third-order valence-electron chi connectivity index (χ3n) is 3.70. The standard InChI is InChI=1S/C19H16O2/c20-19(21)13-16-11-10-15-8-4-5-9-17(15)18(16)12-14-6-2-1-3-7-14/h1-11H,12-13H2,(H,20,21). The summed E-state index contributed by atoms with van der Waals surface area (Å²) < 4.78 is 0. The second kappa shape index (κ2) is 5.80. The zero-order chi connectivity index (χ0) is 14.7. The highest BCUT2D eigenvalue weighted by Gasteiger charge is 2.11. The Morgan fingerprint density at radius 3 is 2.33 bits per heavy atom. The number of fused-ring (bicyclic) bond motifs is 1. The quantitative estimate of drug-likeness (QED) is 0.780. The van der Waals surface area contributed by atoms with E-state index >= 15 is 0 Å². The lowest BCUT2D eigenvalue weighted by Crippen LogP contribution is -2.05. The molecule has 0 aliphatic rings. The molecule has 0 unspecified atom stereocenters. The molecule has 104 valence electrons. The smallest absolute Gasteiger partial charge is 0.307 e. The van der Waals surface area contributed by atoms with Crippen molar-refractivity contribution in [2.75, 3.05) is 0 Å². The van der Waals surface area contributed by atoms with Crippen molar-refractivity contribution in [3.63, 3.8) is 0 Å². The molecule has 0 radical (unpaired) electrons. The molecule has 3 aromatic rings. The highest BCUT2D eigenvalue weighted by atomic mass is 16.4. The van der Waals surface area contributed by atoms with Crippen LogP contribution in [0.2, 0.25) is 0 Å². The van der Waals surface area contributed by atoms with E-state index in [4.69, 9.17) is 5.11 Å². The van der Waals surface area contributed by atoms with Gasteiger partial charge in [0.25, 0.3) is 0 Å². The minimum atomic E-state index is -0.792. The molecule has 1 N–H and O–H groups in total. The summed E-state index contributed by atoms with van der Waals surface area (Å²) in [5.74, 6) is -0.792. The second-order valence-corrected chi connectivity index (χ2v) is 5.16. The number of carboxylic acid groups (broad SMARTS) is 1. The molecule has 0 fully saturated rings. The summed E-state index contributed by atoms with van der Waals surface area (Å²) in [7, 11) is 0. The number of hydrogen-bond donors (Lipinski definition) is 1. The molecule has 2 nitrogen and oxygen atoms in total. The largest absolute Gasteiger partial charge is 0.481 e. The van der Waals surface area contributed by atoms with Crippen molar-refractivity contribution in [1.82, 2.24) is 0 Å². The van der Waals surface area contributed by atoms with Crippen molar-refractivity contribution in [3.05, 3.63) is 83.4 Å². The van der Waals surface area contributed by atoms with Gasteiger partial charge in [0, 0.05) is 0 Å².